The molecular weight excluding hydrogens is 240 g/mol. The number of nitrogens with two attached hydrogens (primary N) is 1. The van der Waals surface area contributed by atoms with Gasteiger partial charge in [0.05, 0.1) is 13.0 Å². The Labute approximate surface area is 114 Å². The number of carbonyl (C=O) groups is 1. The lowest BCUT2D eigenvalue weighted by Crippen LogP contribution is -2.49. The van der Waals surface area contributed by atoms with E-state index in [9.17, 15) is 4.79 Å². The summed E-state index contributed by atoms with van der Waals surface area (Å²) in [5.41, 5.74) is 7.52. The van der Waals surface area contributed by atoms with Crippen molar-refractivity contribution in [2.24, 2.45) is 5.73 Å². The average molecular weight is 262 g/mol. The Hall–Kier alpha value is -1.39. The van der Waals surface area contributed by atoms with E-state index < -0.39 is 0 Å². The van der Waals surface area contributed by atoms with Crippen molar-refractivity contribution in [3.05, 3.63) is 35.9 Å². The maximum atomic E-state index is 11.9. The molecule has 1 fully saturated rings. The number of ether oxygens (including phenoxy) is 1. The largest absolute Gasteiger partial charge is 0.384 e. The van der Waals surface area contributed by atoms with Crippen LogP contribution in [0.25, 0.3) is 0 Å². The van der Waals surface area contributed by atoms with Gasteiger partial charge in [0.1, 0.15) is 0 Å². The van der Waals surface area contributed by atoms with Gasteiger partial charge in [0.15, 0.2) is 0 Å². The molecule has 4 nitrogen and oxygen atoms in total. The molecule has 0 aromatic heterocycles. The van der Waals surface area contributed by atoms with Crippen LogP contribution < -0.4 is 5.73 Å². The monoisotopic (exact) mass is 262 g/mol. The van der Waals surface area contributed by atoms with Crippen LogP contribution in [0.3, 0.4) is 0 Å². The second-order valence-electron chi connectivity index (χ2n) is 5.05. The van der Waals surface area contributed by atoms with Gasteiger partial charge in [-0.1, -0.05) is 30.3 Å². The maximum absolute atomic E-state index is 11.9. The van der Waals surface area contributed by atoms with Gasteiger partial charge in [-0.05, 0) is 12.0 Å². The summed E-state index contributed by atoms with van der Waals surface area (Å²) < 4.78 is 4.94. The van der Waals surface area contributed by atoms with Crippen LogP contribution in [0.15, 0.2) is 30.3 Å². The fourth-order valence-electron chi connectivity index (χ4n) is 2.67. The molecule has 0 radical (unpaired) electrons. The van der Waals surface area contributed by atoms with E-state index in [0.717, 1.165) is 13.0 Å². The van der Waals surface area contributed by atoms with Gasteiger partial charge in [0.25, 0.3) is 0 Å². The van der Waals surface area contributed by atoms with Gasteiger partial charge in [0, 0.05) is 32.2 Å². The molecule has 1 aromatic carbocycles. The lowest BCUT2D eigenvalue weighted by Gasteiger charge is -2.37. The van der Waals surface area contributed by atoms with Crippen molar-refractivity contribution in [2.45, 2.75) is 24.8 Å². The Kier molecular flexibility index (Phi) is 4.93. The fraction of sp³-hybridized carbons (Fsp3) is 0.533. The number of benzene rings is 1. The Bertz CT molecular complexity index is 408. The third-order valence-electron chi connectivity index (χ3n) is 3.76. The van der Waals surface area contributed by atoms with Gasteiger partial charge in [-0.25, -0.2) is 0 Å². The van der Waals surface area contributed by atoms with Gasteiger partial charge < -0.3 is 15.4 Å². The number of nitrogens with zero attached hydrogens (tertiary/aromatic N) is 1. The number of methoxy groups -OCH3 is 1. The SMILES string of the molecule is COCCC(=O)N1CCC(c2ccccc2)C(N)C1. The third kappa shape index (κ3) is 3.55. The molecule has 1 saturated heterocycles. The van der Waals surface area contributed by atoms with Crippen LogP contribution in [0.2, 0.25) is 0 Å². The topological polar surface area (TPSA) is 55.6 Å². The summed E-state index contributed by atoms with van der Waals surface area (Å²) in [4.78, 5) is 13.8. The second-order valence-corrected chi connectivity index (χ2v) is 5.05. The number of hydrogen-bond acceptors (Lipinski definition) is 3. The standard InChI is InChI=1S/C15H22N2O2/c1-19-10-8-15(18)17-9-7-13(14(16)11-17)12-5-3-2-4-6-12/h2-6,13-14H,7-11,16H2,1H3. The van der Waals surface area contributed by atoms with Crippen LogP contribution in [0.4, 0.5) is 0 Å². The maximum Gasteiger partial charge on any atom is 0.224 e. The molecule has 0 bridgehead atoms. The molecule has 2 rings (SSSR count). The van der Waals surface area contributed by atoms with E-state index in [1.165, 1.54) is 5.56 Å². The van der Waals surface area contributed by atoms with Crippen molar-refractivity contribution in [1.29, 1.82) is 0 Å². The van der Waals surface area contributed by atoms with Crippen LogP contribution >= 0.6 is 0 Å². The minimum absolute atomic E-state index is 0.0163. The molecule has 19 heavy (non-hydrogen) atoms. The molecule has 4 heteroatoms. The summed E-state index contributed by atoms with van der Waals surface area (Å²) in [5.74, 6) is 0.497. The lowest BCUT2D eigenvalue weighted by atomic mass is 9.86. The van der Waals surface area contributed by atoms with Crippen LogP contribution in [0.5, 0.6) is 0 Å². The van der Waals surface area contributed by atoms with E-state index in [2.05, 4.69) is 12.1 Å². The average Bonchev–Trinajstić information content (AvgIpc) is 2.45. The molecule has 1 aromatic rings. The number of rotatable bonds is 4. The van der Waals surface area contributed by atoms with E-state index in [1.807, 2.05) is 23.1 Å². The summed E-state index contributed by atoms with van der Waals surface area (Å²) in [6.07, 6.45) is 1.38. The minimum atomic E-state index is 0.0163. The molecule has 0 saturated carbocycles. The van der Waals surface area contributed by atoms with E-state index in [-0.39, 0.29) is 11.9 Å². The summed E-state index contributed by atoms with van der Waals surface area (Å²) in [6.45, 7) is 1.91. The van der Waals surface area contributed by atoms with Crippen molar-refractivity contribution in [1.82, 2.24) is 4.90 Å². The summed E-state index contributed by atoms with van der Waals surface area (Å²) in [6, 6.07) is 10.3. The molecule has 1 aliphatic heterocycles. The van der Waals surface area contributed by atoms with Crippen LogP contribution in [0, 0.1) is 0 Å². The normalized spacial score (nSPS) is 23.4. The first-order chi connectivity index (χ1) is 9.22. The highest BCUT2D eigenvalue weighted by atomic mass is 16.5. The zero-order valence-corrected chi connectivity index (χ0v) is 11.4. The van der Waals surface area contributed by atoms with Gasteiger partial charge >= 0.3 is 0 Å². The first-order valence-electron chi connectivity index (χ1n) is 6.79. The molecular formula is C15H22N2O2. The third-order valence-corrected chi connectivity index (χ3v) is 3.76. The number of piperidine rings is 1. The van der Waals surface area contributed by atoms with Gasteiger partial charge in [-0.15, -0.1) is 0 Å². The molecule has 104 valence electrons. The zero-order chi connectivity index (χ0) is 13.7. The van der Waals surface area contributed by atoms with Crippen molar-refractivity contribution in [2.75, 3.05) is 26.8 Å². The Balaban J connectivity index is 1.93. The summed E-state index contributed by atoms with van der Waals surface area (Å²) in [7, 11) is 1.61. The molecule has 1 heterocycles. The fourth-order valence-corrected chi connectivity index (χ4v) is 2.67. The molecule has 2 unspecified atom stereocenters. The Morgan fingerprint density at radius 3 is 2.79 bits per heavy atom. The predicted octanol–water partition coefficient (Wildman–Crippen LogP) is 1.37. The minimum Gasteiger partial charge on any atom is -0.384 e. The van der Waals surface area contributed by atoms with Crippen LogP contribution in [-0.2, 0) is 9.53 Å². The van der Waals surface area contributed by atoms with E-state index >= 15 is 0 Å². The van der Waals surface area contributed by atoms with Gasteiger partial charge in [0.2, 0.25) is 5.91 Å². The number of hydrogen-bond donors (Lipinski definition) is 1. The molecule has 1 amide bonds. The number of amides is 1. The highest BCUT2D eigenvalue weighted by Crippen LogP contribution is 2.27. The van der Waals surface area contributed by atoms with Crippen LogP contribution in [-0.4, -0.2) is 43.7 Å². The highest BCUT2D eigenvalue weighted by molar-refractivity contribution is 5.76. The second kappa shape index (κ2) is 6.68. The zero-order valence-electron chi connectivity index (χ0n) is 11.4. The lowest BCUT2D eigenvalue weighted by molar-refractivity contribution is -0.133. The van der Waals surface area contributed by atoms with Gasteiger partial charge in [-0.3, -0.25) is 4.79 Å². The Morgan fingerprint density at radius 1 is 1.42 bits per heavy atom. The Morgan fingerprint density at radius 2 is 2.16 bits per heavy atom. The van der Waals surface area contributed by atoms with Crippen molar-refractivity contribution in [3.8, 4) is 0 Å². The van der Waals surface area contributed by atoms with Crippen LogP contribution in [0.1, 0.15) is 24.3 Å². The van der Waals surface area contributed by atoms with Gasteiger partial charge in [-0.2, -0.15) is 0 Å². The molecule has 0 aliphatic carbocycles. The predicted molar refractivity (Wildman–Crippen MR) is 74.8 cm³/mol. The summed E-state index contributed by atoms with van der Waals surface area (Å²) >= 11 is 0. The number of likely N-dealkylation sites (tertiary alicyclic amines) is 1. The van der Waals surface area contributed by atoms with Crippen molar-refractivity contribution in [3.63, 3.8) is 0 Å². The van der Waals surface area contributed by atoms with Crippen molar-refractivity contribution < 1.29 is 9.53 Å². The molecule has 2 N–H and O–H groups in total. The smallest absolute Gasteiger partial charge is 0.224 e. The highest BCUT2D eigenvalue weighted by Gasteiger charge is 2.29. The van der Waals surface area contributed by atoms with E-state index in [0.29, 0.717) is 25.5 Å². The van der Waals surface area contributed by atoms with Crippen molar-refractivity contribution >= 4 is 5.91 Å². The number of carbonyl (C=O) groups excluding carboxylic acids is 1. The first-order valence-corrected chi connectivity index (χ1v) is 6.79. The summed E-state index contributed by atoms with van der Waals surface area (Å²) in [5, 5.41) is 0. The van der Waals surface area contributed by atoms with E-state index in [1.54, 1.807) is 7.11 Å². The molecule has 0 spiro atoms. The molecule has 1 aliphatic rings. The molecule has 2 atom stereocenters. The first kappa shape index (κ1) is 14.0. The quantitative estimate of drug-likeness (QED) is 0.891. The van der Waals surface area contributed by atoms with E-state index in [4.69, 9.17) is 10.5 Å².